The number of ketones is 1. The first-order valence-electron chi connectivity index (χ1n) is 16.8. The number of esters is 1. The van der Waals surface area contributed by atoms with E-state index >= 15 is 0 Å². The zero-order chi connectivity index (χ0) is 30.2. The molecule has 0 aromatic carbocycles. The number of aromatic nitrogens is 1. The average Bonchev–Trinajstić information content (AvgIpc) is 3.50. The van der Waals surface area contributed by atoms with Gasteiger partial charge in [0.25, 0.3) is 0 Å². The summed E-state index contributed by atoms with van der Waals surface area (Å²) in [5.41, 5.74) is 1.13. The highest BCUT2D eigenvalue weighted by atomic mass is 16.5. The number of hydrogen-bond acceptors (Lipinski definition) is 3. The molecule has 0 amide bonds. The molecule has 4 nitrogen and oxygen atoms in total. The van der Waals surface area contributed by atoms with Crippen molar-refractivity contribution in [2.24, 2.45) is 62.6 Å². The molecule has 4 aliphatic carbocycles. The van der Waals surface area contributed by atoms with E-state index in [1.807, 2.05) is 6.07 Å². The highest BCUT2D eigenvalue weighted by Gasteiger charge is 2.68. The monoisotopic (exact) mass is 565 g/mol. The molecule has 4 fully saturated rings. The van der Waals surface area contributed by atoms with E-state index in [4.69, 9.17) is 4.74 Å². The van der Waals surface area contributed by atoms with E-state index in [-0.39, 0.29) is 45.1 Å². The lowest BCUT2D eigenvalue weighted by Gasteiger charge is -2.65. The minimum absolute atomic E-state index is 0.127. The van der Waals surface area contributed by atoms with Crippen LogP contribution in [0.3, 0.4) is 0 Å². The molecule has 0 spiro atoms. The van der Waals surface area contributed by atoms with Gasteiger partial charge in [0.15, 0.2) is 0 Å². The van der Waals surface area contributed by atoms with Crippen LogP contribution in [0.1, 0.15) is 138 Å². The van der Waals surface area contributed by atoms with E-state index < -0.39 is 0 Å². The van der Waals surface area contributed by atoms with Crippen LogP contribution in [-0.4, -0.2) is 22.8 Å². The molecular formula is C37H59NO3. The van der Waals surface area contributed by atoms with Gasteiger partial charge in [-0.15, -0.1) is 0 Å². The molecule has 1 aromatic rings. The molecule has 0 bridgehead atoms. The van der Waals surface area contributed by atoms with Crippen molar-refractivity contribution < 1.29 is 14.3 Å². The van der Waals surface area contributed by atoms with Crippen LogP contribution in [0.2, 0.25) is 0 Å². The van der Waals surface area contributed by atoms with Gasteiger partial charge in [0, 0.05) is 18.5 Å². The van der Waals surface area contributed by atoms with Gasteiger partial charge >= 0.3 is 5.97 Å². The minimum Gasteiger partial charge on any atom is -0.457 e. The highest BCUT2D eigenvalue weighted by Crippen LogP contribution is 2.74. The van der Waals surface area contributed by atoms with E-state index in [9.17, 15) is 9.59 Å². The van der Waals surface area contributed by atoms with Crippen molar-refractivity contribution in [3.63, 3.8) is 0 Å². The van der Waals surface area contributed by atoms with Gasteiger partial charge in [-0.1, -0.05) is 69.2 Å². The molecule has 1 N–H and O–H groups in total. The van der Waals surface area contributed by atoms with Crippen LogP contribution >= 0.6 is 0 Å². The lowest BCUT2D eigenvalue weighted by molar-refractivity contribution is -0.180. The van der Waals surface area contributed by atoms with Crippen LogP contribution in [0.4, 0.5) is 0 Å². The van der Waals surface area contributed by atoms with Gasteiger partial charge < -0.3 is 9.72 Å². The molecule has 0 saturated heterocycles. The van der Waals surface area contributed by atoms with Gasteiger partial charge in [-0.2, -0.15) is 0 Å². The maximum Gasteiger partial charge on any atom is 0.355 e. The third-order valence-electron chi connectivity index (χ3n) is 14.1. The van der Waals surface area contributed by atoms with Gasteiger partial charge in [-0.3, -0.25) is 4.79 Å². The summed E-state index contributed by atoms with van der Waals surface area (Å²) in [5, 5.41) is 0. The lowest BCUT2D eigenvalue weighted by Crippen LogP contribution is -2.61. The number of rotatable bonds is 6. The molecule has 1 heterocycles. The molecule has 230 valence electrons. The minimum atomic E-state index is -0.258. The molecule has 1 aromatic heterocycles. The lowest BCUT2D eigenvalue weighted by atomic mass is 9.39. The first-order valence-corrected chi connectivity index (χ1v) is 16.8. The normalized spacial score (nSPS) is 41.8. The molecule has 5 rings (SSSR count). The summed E-state index contributed by atoms with van der Waals surface area (Å²) in [7, 11) is 0. The van der Waals surface area contributed by atoms with Crippen molar-refractivity contribution >= 4 is 11.8 Å². The van der Waals surface area contributed by atoms with E-state index in [0.29, 0.717) is 41.1 Å². The Hall–Kier alpha value is -1.58. The molecule has 3 unspecified atom stereocenters. The van der Waals surface area contributed by atoms with Crippen molar-refractivity contribution in [3.05, 3.63) is 24.0 Å². The number of Topliss-reactive ketones (excluding diaryl/α,β-unsaturated/α-hetero) is 1. The van der Waals surface area contributed by atoms with Crippen LogP contribution in [0.5, 0.6) is 0 Å². The van der Waals surface area contributed by atoms with E-state index in [1.54, 1.807) is 12.3 Å². The van der Waals surface area contributed by atoms with Gasteiger partial charge in [-0.05, 0) is 120 Å². The number of carbonyl (C=O) groups is 2. The third kappa shape index (κ3) is 4.95. The van der Waals surface area contributed by atoms with Crippen molar-refractivity contribution in [2.45, 2.75) is 133 Å². The van der Waals surface area contributed by atoms with E-state index in [0.717, 1.165) is 25.7 Å². The van der Waals surface area contributed by atoms with Crippen LogP contribution in [0.15, 0.2) is 18.3 Å². The fourth-order valence-electron chi connectivity index (χ4n) is 11.2. The number of fused-ring (bicyclic) bond motifs is 5. The zero-order valence-electron chi connectivity index (χ0n) is 27.9. The fraction of sp³-hybridized carbons (Fsp3) is 0.838. The second kappa shape index (κ2) is 10.3. The number of aromatic amines is 1. The maximum atomic E-state index is 13.9. The quantitative estimate of drug-likeness (QED) is 0.349. The SMILES string of the molecule is C[C@@H]1C[C@H]2C(=O)CC3C(CC[C@]4(C)[C@@H](C(C)(C)CCC(OC(=O)c5ccc[nH]5)C(C)(C)C)CC[C@@]34C)[C@@]2(C)C[C@@H]1C. The molecular weight excluding hydrogens is 506 g/mol. The number of carbonyl (C=O) groups excluding carboxylic acids is 2. The maximum absolute atomic E-state index is 13.9. The Morgan fingerprint density at radius 1 is 1.02 bits per heavy atom. The number of H-pyrrole nitrogens is 1. The smallest absolute Gasteiger partial charge is 0.355 e. The molecule has 4 saturated carbocycles. The Bertz CT molecular complexity index is 1130. The molecule has 0 radical (unpaired) electrons. The standard InChI is InChI=1S/C37H59NO3/c1-23-20-27-29(39)21-26-25(35(27,8)22-24(23)2)13-17-37(10)30(14-18-36(26,37)9)34(6,7)16-15-31(33(3,4)5)41-32(40)28-12-11-19-38-28/h11-12,19,23-27,30-31,38H,13-18,20-22H2,1-10H3/t23-,24+,25?,26?,27+,30-,31?,35-,36+,37-/m1/s1. The van der Waals surface area contributed by atoms with Crippen LogP contribution < -0.4 is 0 Å². The fourth-order valence-corrected chi connectivity index (χ4v) is 11.2. The Balaban J connectivity index is 1.35. The molecule has 4 heteroatoms. The van der Waals surface area contributed by atoms with Crippen LogP contribution in [0, 0.1) is 62.6 Å². The summed E-state index contributed by atoms with van der Waals surface area (Å²) in [5.74, 6) is 3.77. The summed E-state index contributed by atoms with van der Waals surface area (Å²) in [4.78, 5) is 29.7. The summed E-state index contributed by atoms with van der Waals surface area (Å²) < 4.78 is 6.12. The molecule has 10 atom stereocenters. The second-order valence-corrected chi connectivity index (χ2v) is 17.7. The van der Waals surface area contributed by atoms with Gasteiger partial charge in [0.1, 0.15) is 17.6 Å². The van der Waals surface area contributed by atoms with Crippen molar-refractivity contribution in [1.82, 2.24) is 4.98 Å². The Morgan fingerprint density at radius 3 is 2.34 bits per heavy atom. The predicted molar refractivity (Wildman–Crippen MR) is 166 cm³/mol. The Kier molecular flexibility index (Phi) is 7.72. The Labute approximate surface area is 250 Å². The first-order chi connectivity index (χ1) is 18.9. The zero-order valence-corrected chi connectivity index (χ0v) is 27.9. The number of hydrogen-bond donors (Lipinski definition) is 1. The molecule has 4 aliphatic rings. The van der Waals surface area contributed by atoms with Gasteiger partial charge in [0.2, 0.25) is 0 Å². The first kappa shape index (κ1) is 30.9. The average molecular weight is 566 g/mol. The molecule has 0 aliphatic heterocycles. The van der Waals surface area contributed by atoms with Crippen molar-refractivity contribution in [3.8, 4) is 0 Å². The van der Waals surface area contributed by atoms with E-state index in [2.05, 4.69) is 74.2 Å². The van der Waals surface area contributed by atoms with Crippen molar-refractivity contribution in [1.29, 1.82) is 0 Å². The molecule has 41 heavy (non-hydrogen) atoms. The largest absolute Gasteiger partial charge is 0.457 e. The van der Waals surface area contributed by atoms with Crippen LogP contribution in [-0.2, 0) is 9.53 Å². The topological polar surface area (TPSA) is 59.2 Å². The summed E-state index contributed by atoms with van der Waals surface area (Å²) in [6.45, 7) is 24.0. The summed E-state index contributed by atoms with van der Waals surface area (Å²) >= 11 is 0. The number of ether oxygens (including phenoxy) is 1. The summed E-state index contributed by atoms with van der Waals surface area (Å²) in [6, 6.07) is 3.63. The van der Waals surface area contributed by atoms with Gasteiger partial charge in [-0.25, -0.2) is 4.79 Å². The Morgan fingerprint density at radius 2 is 1.71 bits per heavy atom. The van der Waals surface area contributed by atoms with Crippen molar-refractivity contribution in [2.75, 3.05) is 0 Å². The summed E-state index contributed by atoms with van der Waals surface area (Å²) in [6.07, 6.45) is 11.7. The highest BCUT2D eigenvalue weighted by molar-refractivity contribution is 5.87. The predicted octanol–water partition coefficient (Wildman–Crippen LogP) is 9.50. The van der Waals surface area contributed by atoms with Crippen LogP contribution in [0.25, 0.3) is 0 Å². The van der Waals surface area contributed by atoms with E-state index in [1.165, 1.54) is 32.1 Å². The third-order valence-corrected chi connectivity index (χ3v) is 14.1. The van der Waals surface area contributed by atoms with Gasteiger partial charge in [0.05, 0.1) is 0 Å². The number of nitrogens with one attached hydrogen (secondary N) is 1. The second-order valence-electron chi connectivity index (χ2n) is 17.7.